The molecule has 8 nitrogen and oxygen atoms in total. The first kappa shape index (κ1) is 23.7. The lowest BCUT2D eigenvalue weighted by Crippen LogP contribution is -2.15. The van der Waals surface area contributed by atoms with E-state index in [4.69, 9.17) is 4.74 Å². The number of amides is 1. The number of rotatable bonds is 6. The van der Waals surface area contributed by atoms with Crippen molar-refractivity contribution >= 4 is 11.6 Å². The molecule has 2 aromatic heterocycles. The second-order valence-electron chi connectivity index (χ2n) is 7.54. The van der Waals surface area contributed by atoms with Crippen molar-refractivity contribution in [1.29, 1.82) is 0 Å². The van der Waals surface area contributed by atoms with Crippen LogP contribution in [0.2, 0.25) is 0 Å². The van der Waals surface area contributed by atoms with Crippen molar-refractivity contribution in [3.63, 3.8) is 0 Å². The molecule has 4 aromatic rings. The molecule has 1 N–H and O–H groups in total. The van der Waals surface area contributed by atoms with Crippen molar-refractivity contribution in [2.75, 3.05) is 12.4 Å². The molecule has 0 radical (unpaired) electrons. The highest BCUT2D eigenvalue weighted by Crippen LogP contribution is 2.28. The van der Waals surface area contributed by atoms with Crippen LogP contribution in [0.3, 0.4) is 0 Å². The van der Waals surface area contributed by atoms with Crippen molar-refractivity contribution in [2.45, 2.75) is 20.8 Å². The Morgan fingerprint density at radius 1 is 1.00 bits per heavy atom. The average molecular weight is 483 g/mol. The molecule has 0 bridgehead atoms. The zero-order valence-corrected chi connectivity index (χ0v) is 19.2. The van der Waals surface area contributed by atoms with Crippen LogP contribution in [0.4, 0.5) is 18.9 Å². The van der Waals surface area contributed by atoms with E-state index >= 15 is 0 Å². The van der Waals surface area contributed by atoms with E-state index in [1.165, 1.54) is 12.1 Å². The number of hydrogen-bond donors (Lipinski definition) is 1. The average Bonchev–Trinajstić information content (AvgIpc) is 3.15. The predicted octanol–water partition coefficient (Wildman–Crippen LogP) is 5.06. The molecule has 0 saturated heterocycles. The van der Waals surface area contributed by atoms with Gasteiger partial charge in [-0.2, -0.15) is 9.37 Å². The normalized spacial score (nSPS) is 10.8. The van der Waals surface area contributed by atoms with Crippen LogP contribution in [0.15, 0.2) is 42.7 Å². The quantitative estimate of drug-likeness (QED) is 0.386. The Morgan fingerprint density at radius 3 is 2.34 bits per heavy atom. The van der Waals surface area contributed by atoms with Crippen LogP contribution >= 0.6 is 0 Å². The zero-order chi connectivity index (χ0) is 25.3. The van der Waals surface area contributed by atoms with Crippen molar-refractivity contribution in [1.82, 2.24) is 19.5 Å². The van der Waals surface area contributed by atoms with Gasteiger partial charge < -0.3 is 14.8 Å². The number of anilines is 1. The van der Waals surface area contributed by atoms with Gasteiger partial charge in [0.2, 0.25) is 11.7 Å². The highest BCUT2D eigenvalue weighted by Gasteiger charge is 2.23. The number of aryl methyl sites for hydroxylation is 2. The number of carbonyl (C=O) groups excluding carboxylic acids is 1. The standard InChI is InChI=1S/C24H20F3N5O3/c1-12-13(2)32(11-28-12)19-10-20(30-14(3)29-19)35-16-7-5-15(6-8-16)31-24(33)17-9-18(25)22(27)23(34-4)21(17)26/h5-11H,1-4H3,(H,31,33). The molecule has 0 unspecified atom stereocenters. The summed E-state index contributed by atoms with van der Waals surface area (Å²) >= 11 is 0. The summed E-state index contributed by atoms with van der Waals surface area (Å²) in [7, 11) is 0.973. The number of benzene rings is 2. The summed E-state index contributed by atoms with van der Waals surface area (Å²) in [5.41, 5.74) is 1.39. The number of imidazole rings is 1. The van der Waals surface area contributed by atoms with Gasteiger partial charge in [0.05, 0.1) is 18.4 Å². The summed E-state index contributed by atoms with van der Waals surface area (Å²) in [5, 5.41) is 2.42. The summed E-state index contributed by atoms with van der Waals surface area (Å²) < 4.78 is 53.9. The lowest BCUT2D eigenvalue weighted by atomic mass is 10.1. The fourth-order valence-corrected chi connectivity index (χ4v) is 3.28. The van der Waals surface area contributed by atoms with Crippen LogP contribution in [0, 0.1) is 38.2 Å². The molecule has 0 aliphatic rings. The third kappa shape index (κ3) is 4.79. The number of ether oxygens (including phenoxy) is 2. The lowest BCUT2D eigenvalue weighted by molar-refractivity contribution is 0.102. The third-order valence-electron chi connectivity index (χ3n) is 5.20. The van der Waals surface area contributed by atoms with Crippen molar-refractivity contribution < 1.29 is 27.4 Å². The Bertz CT molecular complexity index is 1420. The van der Waals surface area contributed by atoms with Crippen LogP contribution in [0.5, 0.6) is 17.4 Å². The predicted molar refractivity (Wildman–Crippen MR) is 121 cm³/mol. The Kier molecular flexibility index (Phi) is 6.41. The van der Waals surface area contributed by atoms with Gasteiger partial charge in [-0.1, -0.05) is 0 Å². The maximum atomic E-state index is 14.4. The molecular weight excluding hydrogens is 463 g/mol. The van der Waals surface area contributed by atoms with E-state index in [1.807, 2.05) is 18.4 Å². The molecule has 0 atom stereocenters. The van der Waals surface area contributed by atoms with Gasteiger partial charge in [-0.05, 0) is 51.1 Å². The van der Waals surface area contributed by atoms with E-state index < -0.39 is 34.7 Å². The first-order valence-corrected chi connectivity index (χ1v) is 10.3. The number of carbonyl (C=O) groups is 1. The van der Waals surface area contributed by atoms with Gasteiger partial charge in [-0.3, -0.25) is 9.36 Å². The van der Waals surface area contributed by atoms with Gasteiger partial charge >= 0.3 is 0 Å². The Balaban J connectivity index is 1.51. The van der Waals surface area contributed by atoms with E-state index in [0.29, 0.717) is 29.3 Å². The minimum atomic E-state index is -1.51. The van der Waals surface area contributed by atoms with Crippen LogP contribution in [-0.4, -0.2) is 32.5 Å². The Hall–Kier alpha value is -4.41. The fourth-order valence-electron chi connectivity index (χ4n) is 3.28. The molecular formula is C24H20F3N5O3. The monoisotopic (exact) mass is 483 g/mol. The van der Waals surface area contributed by atoms with Gasteiger partial charge in [-0.25, -0.2) is 18.7 Å². The molecule has 1 amide bonds. The SMILES string of the molecule is COc1c(F)c(F)cc(C(=O)Nc2ccc(Oc3cc(-n4cnc(C)c4C)nc(C)n3)cc2)c1F. The molecule has 0 saturated carbocycles. The van der Waals surface area contributed by atoms with E-state index in [2.05, 4.69) is 25.0 Å². The number of nitrogens with zero attached hydrogens (tertiary/aromatic N) is 4. The summed E-state index contributed by atoms with van der Waals surface area (Å²) in [6, 6.07) is 8.25. The van der Waals surface area contributed by atoms with E-state index in [1.54, 1.807) is 31.5 Å². The number of methoxy groups -OCH3 is 1. The van der Waals surface area contributed by atoms with Gasteiger partial charge in [0.1, 0.15) is 23.7 Å². The maximum absolute atomic E-state index is 14.4. The molecule has 35 heavy (non-hydrogen) atoms. The first-order chi connectivity index (χ1) is 16.7. The summed E-state index contributed by atoms with van der Waals surface area (Å²) in [4.78, 5) is 25.4. The van der Waals surface area contributed by atoms with Crippen LogP contribution in [-0.2, 0) is 0 Å². The molecule has 11 heteroatoms. The molecule has 2 aromatic carbocycles. The molecule has 0 spiro atoms. The van der Waals surface area contributed by atoms with Gasteiger partial charge in [-0.15, -0.1) is 0 Å². The number of nitrogens with one attached hydrogen (secondary N) is 1. The Morgan fingerprint density at radius 2 is 1.71 bits per heavy atom. The van der Waals surface area contributed by atoms with E-state index in [9.17, 15) is 18.0 Å². The zero-order valence-electron chi connectivity index (χ0n) is 19.2. The number of aromatic nitrogens is 4. The van der Waals surface area contributed by atoms with Crippen molar-refractivity contribution in [3.05, 3.63) is 83.0 Å². The smallest absolute Gasteiger partial charge is 0.258 e. The maximum Gasteiger partial charge on any atom is 0.258 e. The summed E-state index contributed by atoms with van der Waals surface area (Å²) in [5.74, 6) is -4.37. The van der Waals surface area contributed by atoms with Gasteiger partial charge in [0, 0.05) is 17.4 Å². The topological polar surface area (TPSA) is 91.2 Å². The lowest BCUT2D eigenvalue weighted by Gasteiger charge is -2.11. The highest BCUT2D eigenvalue weighted by atomic mass is 19.2. The molecule has 0 fully saturated rings. The fraction of sp³-hybridized carbons (Fsp3) is 0.167. The first-order valence-electron chi connectivity index (χ1n) is 10.3. The number of hydrogen-bond acceptors (Lipinski definition) is 6. The minimum absolute atomic E-state index is 0.273. The van der Waals surface area contributed by atoms with E-state index in [0.717, 1.165) is 18.5 Å². The highest BCUT2D eigenvalue weighted by molar-refractivity contribution is 6.04. The van der Waals surface area contributed by atoms with E-state index in [-0.39, 0.29) is 5.69 Å². The molecule has 0 aliphatic carbocycles. The second-order valence-corrected chi connectivity index (χ2v) is 7.54. The third-order valence-corrected chi connectivity index (χ3v) is 5.20. The van der Waals surface area contributed by atoms with Crippen LogP contribution < -0.4 is 14.8 Å². The molecule has 2 heterocycles. The molecule has 0 aliphatic heterocycles. The van der Waals surface area contributed by atoms with Gasteiger partial charge in [0.25, 0.3) is 5.91 Å². The minimum Gasteiger partial charge on any atom is -0.491 e. The Labute approximate surface area is 198 Å². The van der Waals surface area contributed by atoms with Crippen molar-refractivity contribution in [2.24, 2.45) is 0 Å². The summed E-state index contributed by atoms with van der Waals surface area (Å²) in [6.07, 6.45) is 1.67. The molecule has 180 valence electrons. The largest absolute Gasteiger partial charge is 0.491 e. The number of halogens is 3. The van der Waals surface area contributed by atoms with Crippen LogP contribution in [0.25, 0.3) is 5.82 Å². The molecule has 4 rings (SSSR count). The van der Waals surface area contributed by atoms with Crippen molar-refractivity contribution in [3.8, 4) is 23.2 Å². The second kappa shape index (κ2) is 9.45. The van der Waals surface area contributed by atoms with Crippen LogP contribution in [0.1, 0.15) is 27.6 Å². The summed E-state index contributed by atoms with van der Waals surface area (Å²) in [6.45, 7) is 5.56. The van der Waals surface area contributed by atoms with Gasteiger partial charge in [0.15, 0.2) is 17.4 Å².